The number of nitrogens with one attached hydrogen (secondary N) is 2. The maximum absolute atomic E-state index is 13.1. The number of carbonyl (C=O) groups is 3. The van der Waals surface area contributed by atoms with E-state index in [4.69, 9.17) is 0 Å². The number of hydrazine groups is 1. The lowest BCUT2D eigenvalue weighted by Gasteiger charge is -2.25. The summed E-state index contributed by atoms with van der Waals surface area (Å²) >= 11 is 1.42. The molecule has 3 rings (SSSR count). The molecule has 0 aliphatic carbocycles. The van der Waals surface area contributed by atoms with Gasteiger partial charge in [0, 0.05) is 4.88 Å². The molecule has 148 valence electrons. The fourth-order valence-electron chi connectivity index (χ4n) is 3.51. The molecular formula is C21H25N3O3S. The van der Waals surface area contributed by atoms with Crippen LogP contribution in [0.15, 0.2) is 36.4 Å². The van der Waals surface area contributed by atoms with Crippen molar-refractivity contribution in [2.75, 3.05) is 0 Å². The molecule has 1 atom stereocenters. The van der Waals surface area contributed by atoms with Crippen molar-refractivity contribution in [3.8, 4) is 0 Å². The third-order valence-electron chi connectivity index (χ3n) is 5.08. The molecule has 0 bridgehead atoms. The molecule has 1 aliphatic heterocycles. The molecule has 1 aromatic heterocycles. The van der Waals surface area contributed by atoms with Crippen molar-refractivity contribution in [3.05, 3.63) is 57.3 Å². The molecule has 1 saturated heterocycles. The normalized spacial score (nSPS) is 19.0. The van der Waals surface area contributed by atoms with Gasteiger partial charge in [-0.15, -0.1) is 11.3 Å². The zero-order valence-corrected chi connectivity index (χ0v) is 17.2. The molecular weight excluding hydrogens is 374 g/mol. The summed E-state index contributed by atoms with van der Waals surface area (Å²) in [4.78, 5) is 40.0. The van der Waals surface area contributed by atoms with Crippen molar-refractivity contribution in [1.29, 1.82) is 0 Å². The maximum atomic E-state index is 13.1. The van der Waals surface area contributed by atoms with Crippen molar-refractivity contribution in [1.82, 2.24) is 15.8 Å². The molecule has 1 aromatic carbocycles. The van der Waals surface area contributed by atoms with E-state index in [-0.39, 0.29) is 0 Å². The van der Waals surface area contributed by atoms with Crippen molar-refractivity contribution in [3.63, 3.8) is 0 Å². The smallest absolute Gasteiger partial charge is 0.318 e. The number of imide groups is 1. The van der Waals surface area contributed by atoms with Gasteiger partial charge in [-0.3, -0.25) is 15.0 Å². The highest BCUT2D eigenvalue weighted by molar-refractivity contribution is 7.14. The molecule has 1 fully saturated rings. The molecule has 2 N–H and O–H groups in total. The monoisotopic (exact) mass is 399 g/mol. The number of urea groups is 1. The average Bonchev–Trinajstić information content (AvgIpc) is 3.23. The Morgan fingerprint density at radius 2 is 1.89 bits per heavy atom. The molecule has 0 saturated carbocycles. The lowest BCUT2D eigenvalue weighted by Crippen LogP contribution is -2.48. The van der Waals surface area contributed by atoms with Crippen LogP contribution in [0.2, 0.25) is 0 Å². The van der Waals surface area contributed by atoms with Gasteiger partial charge in [0.25, 0.3) is 11.8 Å². The van der Waals surface area contributed by atoms with Crippen molar-refractivity contribution < 1.29 is 14.4 Å². The second kappa shape index (κ2) is 8.14. The minimum atomic E-state index is -1.16. The Balaban J connectivity index is 1.84. The lowest BCUT2D eigenvalue weighted by molar-refractivity contribution is -0.133. The molecule has 2 heterocycles. The molecule has 0 radical (unpaired) electrons. The van der Waals surface area contributed by atoms with E-state index in [0.717, 1.165) is 29.8 Å². The van der Waals surface area contributed by atoms with Gasteiger partial charge in [0.2, 0.25) is 0 Å². The highest BCUT2D eigenvalue weighted by Gasteiger charge is 2.52. The van der Waals surface area contributed by atoms with Gasteiger partial charge in [0.05, 0.1) is 4.88 Å². The van der Waals surface area contributed by atoms with Gasteiger partial charge in [-0.2, -0.15) is 5.01 Å². The number of rotatable bonds is 7. The van der Waals surface area contributed by atoms with Gasteiger partial charge in [-0.1, -0.05) is 57.5 Å². The Morgan fingerprint density at radius 1 is 1.18 bits per heavy atom. The summed E-state index contributed by atoms with van der Waals surface area (Å²) in [6.07, 6.45) is 3.14. The Bertz CT molecular complexity index is 894. The molecule has 0 spiro atoms. The summed E-state index contributed by atoms with van der Waals surface area (Å²) in [5.41, 5.74) is 3.18. The summed E-state index contributed by atoms with van der Waals surface area (Å²) in [5.74, 6) is -0.911. The number of carbonyl (C=O) groups excluding carboxylic acids is 3. The van der Waals surface area contributed by atoms with E-state index in [1.165, 1.54) is 16.2 Å². The molecule has 28 heavy (non-hydrogen) atoms. The molecule has 7 heteroatoms. The zero-order chi connectivity index (χ0) is 20.3. The Morgan fingerprint density at radius 3 is 2.50 bits per heavy atom. The van der Waals surface area contributed by atoms with E-state index in [1.807, 2.05) is 31.2 Å². The molecule has 0 unspecified atom stereocenters. The molecule has 6 nitrogen and oxygen atoms in total. The minimum Gasteiger partial charge on any atom is -0.318 e. The van der Waals surface area contributed by atoms with Crippen LogP contribution in [0.5, 0.6) is 0 Å². The van der Waals surface area contributed by atoms with Crippen LogP contribution in [-0.2, 0) is 23.2 Å². The number of thiophene rings is 1. The third kappa shape index (κ3) is 3.42. The lowest BCUT2D eigenvalue weighted by atomic mass is 9.87. The van der Waals surface area contributed by atoms with E-state index in [9.17, 15) is 14.4 Å². The SMILES string of the molecule is CCCc1sc(C(=O)NN2C(=O)N[C@@](CC)(c3ccccc3)C2=O)cc1CC. The van der Waals surface area contributed by atoms with Crippen molar-refractivity contribution in [2.24, 2.45) is 0 Å². The van der Waals surface area contributed by atoms with Gasteiger partial charge < -0.3 is 5.32 Å². The first kappa shape index (κ1) is 20.1. The van der Waals surface area contributed by atoms with Crippen LogP contribution >= 0.6 is 11.3 Å². The average molecular weight is 400 g/mol. The fourth-order valence-corrected chi connectivity index (χ4v) is 4.76. The van der Waals surface area contributed by atoms with Crippen LogP contribution in [0.4, 0.5) is 4.79 Å². The zero-order valence-electron chi connectivity index (χ0n) is 16.4. The first-order chi connectivity index (χ1) is 13.5. The van der Waals surface area contributed by atoms with E-state index in [0.29, 0.717) is 16.9 Å². The summed E-state index contributed by atoms with van der Waals surface area (Å²) in [6, 6.07) is 10.3. The highest BCUT2D eigenvalue weighted by atomic mass is 32.1. The number of hydrogen-bond donors (Lipinski definition) is 2. The topological polar surface area (TPSA) is 78.5 Å². The predicted octanol–water partition coefficient (Wildman–Crippen LogP) is 3.77. The Labute approximate surface area is 168 Å². The molecule has 2 aromatic rings. The van der Waals surface area contributed by atoms with Gasteiger partial charge in [-0.05, 0) is 36.5 Å². The number of benzene rings is 1. The van der Waals surface area contributed by atoms with Crippen molar-refractivity contribution in [2.45, 2.75) is 52.0 Å². The second-order valence-electron chi connectivity index (χ2n) is 6.80. The second-order valence-corrected chi connectivity index (χ2v) is 7.94. The Hall–Kier alpha value is -2.67. The quantitative estimate of drug-likeness (QED) is 0.696. The van der Waals surface area contributed by atoms with E-state index >= 15 is 0 Å². The Kier molecular flexibility index (Phi) is 5.84. The van der Waals surface area contributed by atoms with Gasteiger partial charge >= 0.3 is 6.03 Å². The van der Waals surface area contributed by atoms with Crippen LogP contribution in [0.1, 0.15) is 59.3 Å². The van der Waals surface area contributed by atoms with Crippen LogP contribution in [-0.4, -0.2) is 22.9 Å². The summed E-state index contributed by atoms with van der Waals surface area (Å²) in [5, 5.41) is 3.57. The summed E-state index contributed by atoms with van der Waals surface area (Å²) in [7, 11) is 0. The fraction of sp³-hybridized carbons (Fsp3) is 0.381. The first-order valence-electron chi connectivity index (χ1n) is 9.61. The van der Waals surface area contributed by atoms with E-state index in [2.05, 4.69) is 24.6 Å². The largest absolute Gasteiger partial charge is 0.344 e. The molecule has 4 amide bonds. The standard InChI is InChI=1S/C21H25N3O3S/c1-4-10-16-14(5-2)13-17(28-16)18(25)23-24-19(26)21(6-3,22-20(24)27)15-11-8-7-9-12-15/h7-9,11-13H,4-6,10H2,1-3H3,(H,22,27)(H,23,25)/t21-/m0/s1. The number of aryl methyl sites for hydroxylation is 2. The van der Waals surface area contributed by atoms with Gasteiger partial charge in [-0.25, -0.2) is 4.79 Å². The van der Waals surface area contributed by atoms with Gasteiger partial charge in [0.15, 0.2) is 0 Å². The maximum Gasteiger partial charge on any atom is 0.344 e. The van der Waals surface area contributed by atoms with Crippen LogP contribution < -0.4 is 10.7 Å². The third-order valence-corrected chi connectivity index (χ3v) is 6.32. The summed E-state index contributed by atoms with van der Waals surface area (Å²) < 4.78 is 0. The number of hydrogen-bond acceptors (Lipinski definition) is 4. The number of nitrogens with zero attached hydrogens (tertiary/aromatic N) is 1. The first-order valence-corrected chi connectivity index (χ1v) is 10.4. The van der Waals surface area contributed by atoms with E-state index < -0.39 is 23.4 Å². The van der Waals surface area contributed by atoms with Crippen molar-refractivity contribution >= 4 is 29.2 Å². The van der Waals surface area contributed by atoms with Crippen LogP contribution in [0.3, 0.4) is 0 Å². The minimum absolute atomic E-state index is 0.383. The summed E-state index contributed by atoms with van der Waals surface area (Å²) in [6.45, 7) is 5.98. The number of amides is 4. The van der Waals surface area contributed by atoms with Crippen LogP contribution in [0, 0.1) is 0 Å². The van der Waals surface area contributed by atoms with E-state index in [1.54, 1.807) is 12.1 Å². The molecule has 1 aliphatic rings. The predicted molar refractivity (Wildman–Crippen MR) is 109 cm³/mol. The van der Waals surface area contributed by atoms with Gasteiger partial charge in [0.1, 0.15) is 5.54 Å². The highest BCUT2D eigenvalue weighted by Crippen LogP contribution is 2.32. The van der Waals surface area contributed by atoms with Crippen LogP contribution in [0.25, 0.3) is 0 Å².